The number of sulfonamides is 1. The molecule has 7 heteroatoms. The maximum atomic E-state index is 14.4. The lowest BCUT2D eigenvalue weighted by Crippen LogP contribution is -2.33. The monoisotopic (exact) mass is 380 g/mol. The quantitative estimate of drug-likeness (QED) is 0.797. The molecule has 2 N–H and O–H groups in total. The van der Waals surface area contributed by atoms with Crippen LogP contribution in [-0.4, -0.2) is 21.5 Å². The fourth-order valence-corrected chi connectivity index (χ4v) is 3.68. The summed E-state index contributed by atoms with van der Waals surface area (Å²) in [7, 11) is -3.88. The molecular weight excluding hydrogens is 359 g/mol. The van der Waals surface area contributed by atoms with Gasteiger partial charge in [0.2, 0.25) is 10.0 Å². The molecule has 0 unspecified atom stereocenters. The Labute approximate surface area is 134 Å². The van der Waals surface area contributed by atoms with Gasteiger partial charge >= 0.3 is 0 Å². The second kappa shape index (κ2) is 7.17. The standard InChI is InChI=1S/C14H22BrFN2O2S/c1-5-17-8-10-6-11(15)7-12(13(10)16)21(19,20)18-9-14(2,3)4/h6-7,17-18H,5,8-9H2,1-4H3. The van der Waals surface area contributed by atoms with Gasteiger partial charge in [-0.15, -0.1) is 0 Å². The summed E-state index contributed by atoms with van der Waals surface area (Å²) in [6, 6.07) is 2.87. The highest BCUT2D eigenvalue weighted by atomic mass is 79.9. The third kappa shape index (κ3) is 5.65. The minimum absolute atomic E-state index is 0.220. The van der Waals surface area contributed by atoms with Crippen LogP contribution in [0.15, 0.2) is 21.5 Å². The number of benzene rings is 1. The number of hydrogen-bond acceptors (Lipinski definition) is 3. The van der Waals surface area contributed by atoms with Crippen molar-refractivity contribution in [2.45, 2.75) is 39.1 Å². The van der Waals surface area contributed by atoms with Crippen molar-refractivity contribution in [3.8, 4) is 0 Å². The van der Waals surface area contributed by atoms with E-state index in [4.69, 9.17) is 0 Å². The first-order valence-electron chi connectivity index (χ1n) is 6.75. The molecule has 0 aliphatic rings. The molecule has 0 bridgehead atoms. The van der Waals surface area contributed by atoms with Gasteiger partial charge in [-0.05, 0) is 24.1 Å². The summed E-state index contributed by atoms with van der Waals surface area (Å²) in [5.41, 5.74) is 0.102. The van der Waals surface area contributed by atoms with Crippen LogP contribution in [0.3, 0.4) is 0 Å². The lowest BCUT2D eigenvalue weighted by molar-refractivity contribution is 0.407. The van der Waals surface area contributed by atoms with Crippen molar-refractivity contribution in [2.75, 3.05) is 13.1 Å². The van der Waals surface area contributed by atoms with Crippen molar-refractivity contribution in [3.05, 3.63) is 28.0 Å². The number of nitrogens with one attached hydrogen (secondary N) is 2. The van der Waals surface area contributed by atoms with Crippen LogP contribution < -0.4 is 10.0 Å². The minimum atomic E-state index is -3.88. The fourth-order valence-electron chi connectivity index (χ4n) is 1.59. The fraction of sp³-hybridized carbons (Fsp3) is 0.571. The van der Waals surface area contributed by atoms with Crippen molar-refractivity contribution in [1.82, 2.24) is 10.0 Å². The van der Waals surface area contributed by atoms with Crippen LogP contribution in [-0.2, 0) is 16.6 Å². The molecule has 0 aliphatic heterocycles. The maximum absolute atomic E-state index is 14.4. The van der Waals surface area contributed by atoms with Crippen LogP contribution in [0.1, 0.15) is 33.3 Å². The molecule has 0 fully saturated rings. The Hall–Kier alpha value is -0.500. The molecule has 0 saturated carbocycles. The lowest BCUT2D eigenvalue weighted by atomic mass is 9.98. The van der Waals surface area contributed by atoms with Crippen LogP contribution in [0, 0.1) is 11.2 Å². The van der Waals surface area contributed by atoms with Crippen LogP contribution in [0.25, 0.3) is 0 Å². The molecular formula is C14H22BrFN2O2S. The molecule has 0 atom stereocenters. The van der Waals surface area contributed by atoms with Gasteiger partial charge in [0.15, 0.2) is 0 Å². The number of halogens is 2. The van der Waals surface area contributed by atoms with Gasteiger partial charge in [-0.25, -0.2) is 17.5 Å². The summed E-state index contributed by atoms with van der Waals surface area (Å²) < 4.78 is 42.0. The predicted molar refractivity (Wildman–Crippen MR) is 86.1 cm³/mol. The van der Waals surface area contributed by atoms with Gasteiger partial charge < -0.3 is 5.32 Å². The Morgan fingerprint density at radius 2 is 1.90 bits per heavy atom. The van der Waals surface area contributed by atoms with Gasteiger partial charge in [0.25, 0.3) is 0 Å². The van der Waals surface area contributed by atoms with Crippen LogP contribution in [0.4, 0.5) is 4.39 Å². The largest absolute Gasteiger partial charge is 0.313 e. The number of rotatable bonds is 6. The molecule has 1 rings (SSSR count). The van der Waals surface area contributed by atoms with E-state index in [-0.39, 0.29) is 23.4 Å². The summed E-state index contributed by atoms with van der Waals surface area (Å²) in [4.78, 5) is -0.325. The highest BCUT2D eigenvalue weighted by molar-refractivity contribution is 9.10. The Morgan fingerprint density at radius 1 is 1.29 bits per heavy atom. The molecule has 0 saturated heterocycles. The zero-order valence-electron chi connectivity index (χ0n) is 12.8. The summed E-state index contributed by atoms with van der Waals surface area (Å²) in [6.07, 6.45) is 0. The van der Waals surface area contributed by atoms with Crippen LogP contribution >= 0.6 is 15.9 Å². The van der Waals surface area contributed by atoms with Crippen molar-refractivity contribution < 1.29 is 12.8 Å². The molecule has 120 valence electrons. The first-order valence-corrected chi connectivity index (χ1v) is 9.03. The zero-order valence-corrected chi connectivity index (χ0v) is 15.2. The van der Waals surface area contributed by atoms with E-state index >= 15 is 0 Å². The van der Waals surface area contributed by atoms with E-state index in [9.17, 15) is 12.8 Å². The Kier molecular flexibility index (Phi) is 6.34. The van der Waals surface area contributed by atoms with E-state index in [0.717, 1.165) is 0 Å². The Morgan fingerprint density at radius 3 is 2.43 bits per heavy atom. The first-order chi connectivity index (χ1) is 9.57. The SMILES string of the molecule is CCNCc1cc(Br)cc(S(=O)(=O)NCC(C)(C)C)c1F. The summed E-state index contributed by atoms with van der Waals surface area (Å²) >= 11 is 3.24. The van der Waals surface area contributed by atoms with Gasteiger partial charge in [0, 0.05) is 23.1 Å². The van der Waals surface area contributed by atoms with Crippen LogP contribution in [0.2, 0.25) is 0 Å². The molecule has 0 aromatic heterocycles. The van der Waals surface area contributed by atoms with Crippen molar-refractivity contribution in [1.29, 1.82) is 0 Å². The third-order valence-electron chi connectivity index (χ3n) is 2.73. The lowest BCUT2D eigenvalue weighted by Gasteiger charge is -2.19. The van der Waals surface area contributed by atoms with Crippen molar-refractivity contribution >= 4 is 26.0 Å². The van der Waals surface area contributed by atoms with Gasteiger partial charge in [-0.1, -0.05) is 43.6 Å². The molecule has 4 nitrogen and oxygen atoms in total. The summed E-state index contributed by atoms with van der Waals surface area (Å²) in [5.74, 6) is -0.708. The van der Waals surface area contributed by atoms with E-state index in [1.165, 1.54) is 6.07 Å². The van der Waals surface area contributed by atoms with Gasteiger partial charge in [-0.3, -0.25) is 0 Å². The predicted octanol–water partition coefficient (Wildman–Crippen LogP) is 3.02. The second-order valence-electron chi connectivity index (χ2n) is 6.04. The highest BCUT2D eigenvalue weighted by Crippen LogP contribution is 2.24. The maximum Gasteiger partial charge on any atom is 0.243 e. The minimum Gasteiger partial charge on any atom is -0.313 e. The smallest absolute Gasteiger partial charge is 0.243 e. The van der Waals surface area contributed by atoms with Gasteiger partial charge in [0.1, 0.15) is 10.7 Å². The number of hydrogen-bond donors (Lipinski definition) is 2. The van der Waals surface area contributed by atoms with Gasteiger partial charge in [-0.2, -0.15) is 0 Å². The molecule has 0 spiro atoms. The Bertz CT molecular complexity index is 598. The van der Waals surface area contributed by atoms with Crippen LogP contribution in [0.5, 0.6) is 0 Å². The molecule has 21 heavy (non-hydrogen) atoms. The highest BCUT2D eigenvalue weighted by Gasteiger charge is 2.24. The molecule has 0 amide bonds. The topological polar surface area (TPSA) is 58.2 Å². The zero-order chi connectivity index (χ0) is 16.3. The average molecular weight is 381 g/mol. The summed E-state index contributed by atoms with van der Waals surface area (Å²) in [5, 5.41) is 2.99. The van der Waals surface area contributed by atoms with Crippen molar-refractivity contribution in [3.63, 3.8) is 0 Å². The molecule has 1 aromatic carbocycles. The second-order valence-corrected chi connectivity index (χ2v) is 8.69. The molecule has 0 radical (unpaired) electrons. The normalized spacial score (nSPS) is 12.7. The van der Waals surface area contributed by atoms with Crippen molar-refractivity contribution in [2.24, 2.45) is 5.41 Å². The Balaban J connectivity index is 3.14. The van der Waals surface area contributed by atoms with E-state index in [2.05, 4.69) is 26.0 Å². The molecule has 0 heterocycles. The molecule has 1 aromatic rings. The first kappa shape index (κ1) is 18.5. The average Bonchev–Trinajstić information content (AvgIpc) is 2.36. The third-order valence-corrected chi connectivity index (χ3v) is 4.59. The summed E-state index contributed by atoms with van der Waals surface area (Å²) in [6.45, 7) is 8.82. The van der Waals surface area contributed by atoms with E-state index in [1.807, 2.05) is 27.7 Å². The van der Waals surface area contributed by atoms with E-state index < -0.39 is 15.8 Å². The molecule has 0 aliphatic carbocycles. The van der Waals surface area contributed by atoms with E-state index in [1.54, 1.807) is 6.07 Å². The van der Waals surface area contributed by atoms with E-state index in [0.29, 0.717) is 16.6 Å². The van der Waals surface area contributed by atoms with Gasteiger partial charge in [0.05, 0.1) is 0 Å².